The van der Waals surface area contributed by atoms with Crippen LogP contribution in [0.25, 0.3) is 0 Å². The predicted molar refractivity (Wildman–Crippen MR) is 121 cm³/mol. The standard InChI is InChI=1S/C22H28ClFN6/c1-3-28(4-2)14-16-7-9-29(10-8-16)22-26-13-21-20(27-22)12-25-15-30(21)17-5-6-19(24)18(23)11-17/h5-6,11-13,16H,3-4,7-10,14-15H2,1-2H3. The number of aliphatic imine (C=N–C) groups is 1. The first kappa shape index (κ1) is 21.0. The third-order valence-corrected chi connectivity index (χ3v) is 6.33. The molecular weight excluding hydrogens is 403 g/mol. The van der Waals surface area contributed by atoms with Gasteiger partial charge >= 0.3 is 0 Å². The third-order valence-electron chi connectivity index (χ3n) is 6.04. The smallest absolute Gasteiger partial charge is 0.226 e. The van der Waals surface area contributed by atoms with Gasteiger partial charge in [0.25, 0.3) is 0 Å². The molecule has 8 heteroatoms. The van der Waals surface area contributed by atoms with Crippen molar-refractivity contribution < 1.29 is 4.39 Å². The van der Waals surface area contributed by atoms with Crippen LogP contribution in [0.5, 0.6) is 0 Å². The Morgan fingerprint density at radius 1 is 1.20 bits per heavy atom. The Hall–Kier alpha value is -2.25. The van der Waals surface area contributed by atoms with E-state index in [1.54, 1.807) is 18.3 Å². The molecule has 1 aromatic heterocycles. The van der Waals surface area contributed by atoms with Crippen LogP contribution in [0, 0.1) is 11.7 Å². The molecule has 0 bridgehead atoms. The molecule has 160 valence electrons. The topological polar surface area (TPSA) is 47.9 Å². The van der Waals surface area contributed by atoms with Crippen molar-refractivity contribution >= 4 is 35.1 Å². The first-order valence-electron chi connectivity index (χ1n) is 10.7. The lowest BCUT2D eigenvalue weighted by Crippen LogP contribution is -2.39. The number of nitrogens with zero attached hydrogens (tertiary/aromatic N) is 6. The summed E-state index contributed by atoms with van der Waals surface area (Å²) in [6.45, 7) is 10.2. The highest BCUT2D eigenvalue weighted by Crippen LogP contribution is 2.32. The monoisotopic (exact) mass is 430 g/mol. The maximum absolute atomic E-state index is 13.5. The Kier molecular flexibility index (Phi) is 6.49. The molecule has 2 aliphatic heterocycles. The quantitative estimate of drug-likeness (QED) is 0.681. The molecule has 2 aliphatic rings. The third kappa shape index (κ3) is 4.42. The summed E-state index contributed by atoms with van der Waals surface area (Å²) in [4.78, 5) is 20.6. The van der Waals surface area contributed by atoms with Gasteiger partial charge in [-0.2, -0.15) is 0 Å². The second kappa shape index (κ2) is 9.27. The largest absolute Gasteiger partial charge is 0.341 e. The zero-order chi connectivity index (χ0) is 21.1. The van der Waals surface area contributed by atoms with Crippen LogP contribution >= 0.6 is 11.6 Å². The number of hydrogen-bond acceptors (Lipinski definition) is 6. The van der Waals surface area contributed by atoms with Crippen molar-refractivity contribution in [2.24, 2.45) is 10.9 Å². The number of halogens is 2. The predicted octanol–water partition coefficient (Wildman–Crippen LogP) is 4.36. The minimum Gasteiger partial charge on any atom is -0.341 e. The van der Waals surface area contributed by atoms with Crippen LogP contribution in [0.3, 0.4) is 0 Å². The summed E-state index contributed by atoms with van der Waals surface area (Å²) in [5.74, 6) is 1.05. The molecule has 0 unspecified atom stereocenters. The first-order chi connectivity index (χ1) is 14.6. The SMILES string of the molecule is CCN(CC)CC1CCN(c2ncc3c(n2)C=NCN3c2ccc(F)c(Cl)c2)CC1. The molecule has 3 heterocycles. The van der Waals surface area contributed by atoms with Gasteiger partial charge < -0.3 is 14.7 Å². The minimum atomic E-state index is -0.433. The molecule has 1 fully saturated rings. The van der Waals surface area contributed by atoms with Crippen LogP contribution in [0.4, 0.5) is 21.7 Å². The van der Waals surface area contributed by atoms with Gasteiger partial charge in [0.05, 0.1) is 23.1 Å². The summed E-state index contributed by atoms with van der Waals surface area (Å²) in [6.07, 6.45) is 5.94. The average Bonchev–Trinajstić information content (AvgIpc) is 2.79. The van der Waals surface area contributed by atoms with Crippen LogP contribution in [-0.2, 0) is 0 Å². The van der Waals surface area contributed by atoms with Crippen molar-refractivity contribution in [1.82, 2.24) is 14.9 Å². The van der Waals surface area contributed by atoms with Gasteiger partial charge in [0.15, 0.2) is 0 Å². The molecule has 0 amide bonds. The van der Waals surface area contributed by atoms with E-state index in [-0.39, 0.29) is 5.02 Å². The molecular formula is C22H28ClFN6. The molecule has 30 heavy (non-hydrogen) atoms. The second-order valence-electron chi connectivity index (χ2n) is 7.84. The van der Waals surface area contributed by atoms with E-state index in [0.717, 1.165) is 68.0 Å². The molecule has 6 nitrogen and oxygen atoms in total. The summed E-state index contributed by atoms with van der Waals surface area (Å²) >= 11 is 5.97. The number of piperidine rings is 1. The molecule has 0 spiro atoms. The summed E-state index contributed by atoms with van der Waals surface area (Å²) in [6, 6.07) is 4.67. The van der Waals surface area contributed by atoms with Crippen molar-refractivity contribution in [3.63, 3.8) is 0 Å². The van der Waals surface area contributed by atoms with E-state index in [0.29, 0.717) is 6.67 Å². The normalized spacial score (nSPS) is 17.0. The van der Waals surface area contributed by atoms with E-state index in [2.05, 4.69) is 33.6 Å². The summed E-state index contributed by atoms with van der Waals surface area (Å²) in [5.41, 5.74) is 2.40. The summed E-state index contributed by atoms with van der Waals surface area (Å²) < 4.78 is 13.5. The zero-order valence-electron chi connectivity index (χ0n) is 17.6. The van der Waals surface area contributed by atoms with Crippen molar-refractivity contribution in [2.75, 3.05) is 49.2 Å². The second-order valence-corrected chi connectivity index (χ2v) is 8.24. The van der Waals surface area contributed by atoms with Crippen molar-refractivity contribution in [2.45, 2.75) is 26.7 Å². The number of rotatable bonds is 6. The molecule has 1 saturated heterocycles. The Balaban J connectivity index is 1.47. The van der Waals surface area contributed by atoms with Crippen LogP contribution < -0.4 is 9.80 Å². The van der Waals surface area contributed by atoms with Gasteiger partial charge in [0.2, 0.25) is 5.95 Å². The average molecular weight is 431 g/mol. The number of fused-ring (bicyclic) bond motifs is 1. The van der Waals surface area contributed by atoms with E-state index in [1.807, 2.05) is 11.1 Å². The Labute approximate surface area is 182 Å². The molecule has 1 aromatic carbocycles. The molecule has 4 rings (SSSR count). The van der Waals surface area contributed by atoms with Crippen molar-refractivity contribution in [1.29, 1.82) is 0 Å². The van der Waals surface area contributed by atoms with E-state index in [1.165, 1.54) is 12.6 Å². The van der Waals surface area contributed by atoms with Gasteiger partial charge in [-0.05, 0) is 50.0 Å². The van der Waals surface area contributed by atoms with Gasteiger partial charge in [0, 0.05) is 25.3 Å². The van der Waals surface area contributed by atoms with Gasteiger partial charge in [-0.1, -0.05) is 25.4 Å². The molecule has 0 atom stereocenters. The minimum absolute atomic E-state index is 0.0914. The first-order valence-corrected chi connectivity index (χ1v) is 11.0. The van der Waals surface area contributed by atoms with Crippen LogP contribution in [0.15, 0.2) is 29.4 Å². The summed E-state index contributed by atoms with van der Waals surface area (Å²) in [5, 5.41) is 0.0914. The molecule has 0 N–H and O–H groups in total. The highest BCUT2D eigenvalue weighted by Gasteiger charge is 2.24. The molecule has 0 saturated carbocycles. The highest BCUT2D eigenvalue weighted by atomic mass is 35.5. The summed E-state index contributed by atoms with van der Waals surface area (Å²) in [7, 11) is 0. The zero-order valence-corrected chi connectivity index (χ0v) is 18.3. The van der Waals surface area contributed by atoms with Crippen molar-refractivity contribution in [3.05, 3.63) is 40.9 Å². The lowest BCUT2D eigenvalue weighted by atomic mass is 9.96. The Bertz CT molecular complexity index is 908. The highest BCUT2D eigenvalue weighted by molar-refractivity contribution is 6.31. The van der Waals surface area contributed by atoms with Crippen molar-refractivity contribution in [3.8, 4) is 0 Å². The molecule has 0 radical (unpaired) electrons. The van der Waals surface area contributed by atoms with Crippen LogP contribution in [0.1, 0.15) is 32.4 Å². The van der Waals surface area contributed by atoms with E-state index >= 15 is 0 Å². The lowest BCUT2D eigenvalue weighted by molar-refractivity contribution is 0.228. The fourth-order valence-electron chi connectivity index (χ4n) is 4.16. The molecule has 0 aliphatic carbocycles. The lowest BCUT2D eigenvalue weighted by Gasteiger charge is -2.35. The van der Waals surface area contributed by atoms with Gasteiger partial charge in [-0.15, -0.1) is 0 Å². The number of hydrogen-bond donors (Lipinski definition) is 0. The van der Waals surface area contributed by atoms with E-state index < -0.39 is 5.82 Å². The fraction of sp³-hybridized carbons (Fsp3) is 0.500. The van der Waals surface area contributed by atoms with Crippen LogP contribution in [-0.4, -0.2) is 60.5 Å². The Morgan fingerprint density at radius 2 is 1.97 bits per heavy atom. The maximum atomic E-state index is 13.5. The van der Waals surface area contributed by atoms with Gasteiger partial charge in [0.1, 0.15) is 18.2 Å². The van der Waals surface area contributed by atoms with Gasteiger partial charge in [-0.25, -0.2) is 14.4 Å². The van der Waals surface area contributed by atoms with E-state index in [9.17, 15) is 4.39 Å². The number of aromatic nitrogens is 2. The number of benzene rings is 1. The fourth-order valence-corrected chi connectivity index (χ4v) is 4.33. The van der Waals surface area contributed by atoms with Gasteiger partial charge in [-0.3, -0.25) is 4.99 Å². The maximum Gasteiger partial charge on any atom is 0.226 e. The Morgan fingerprint density at radius 3 is 2.67 bits per heavy atom. The number of anilines is 3. The van der Waals surface area contributed by atoms with E-state index in [4.69, 9.17) is 16.6 Å². The molecule has 2 aromatic rings. The van der Waals surface area contributed by atoms with Crippen LogP contribution in [0.2, 0.25) is 5.02 Å².